The van der Waals surface area contributed by atoms with Crippen LogP contribution in [-0.4, -0.2) is 18.2 Å². The molecule has 1 atom stereocenters. The Balaban J connectivity index is 0.000000980. The van der Waals surface area contributed by atoms with Crippen LogP contribution in [0.15, 0.2) is 18.2 Å². The maximum atomic E-state index is 13.0. The van der Waals surface area contributed by atoms with Gasteiger partial charge in [0.05, 0.1) is 0 Å². The fourth-order valence-electron chi connectivity index (χ4n) is 1.72. The van der Waals surface area contributed by atoms with Gasteiger partial charge in [0.1, 0.15) is 0 Å². The van der Waals surface area contributed by atoms with Crippen molar-refractivity contribution in [1.29, 1.82) is 0 Å². The molecule has 0 aromatic heterocycles. The van der Waals surface area contributed by atoms with Crippen molar-refractivity contribution in [3.63, 3.8) is 0 Å². The van der Waals surface area contributed by atoms with Gasteiger partial charge in [0.2, 0.25) is 0 Å². The fraction of sp³-hybridized carbons (Fsp3) is 0.400. The highest BCUT2D eigenvalue weighted by atomic mass is 35.5. The van der Waals surface area contributed by atoms with Crippen LogP contribution in [0.2, 0.25) is 0 Å². The molecule has 0 spiro atoms. The van der Waals surface area contributed by atoms with Crippen molar-refractivity contribution >= 4 is 12.4 Å². The zero-order valence-electron chi connectivity index (χ0n) is 7.66. The van der Waals surface area contributed by atoms with Gasteiger partial charge in [-0.25, -0.2) is 4.39 Å². The van der Waals surface area contributed by atoms with Gasteiger partial charge in [0.25, 0.3) is 0 Å². The molecule has 2 rings (SSSR count). The average Bonchev–Trinajstić information content (AvgIpc) is 2.62. The van der Waals surface area contributed by atoms with E-state index in [-0.39, 0.29) is 18.2 Å². The molecule has 2 nitrogen and oxygen atoms in total. The first-order valence-corrected chi connectivity index (χ1v) is 4.46. The van der Waals surface area contributed by atoms with Gasteiger partial charge in [0, 0.05) is 6.54 Å². The molecule has 1 saturated heterocycles. The summed E-state index contributed by atoms with van der Waals surface area (Å²) in [6, 6.07) is 4.63. The maximum Gasteiger partial charge on any atom is 0.165 e. The highest BCUT2D eigenvalue weighted by molar-refractivity contribution is 5.85. The standard InChI is InChI=1S/C10H12FNO.ClH/c11-9-5-7(1-2-10(9)13)8-3-4-12-6-8;/h1-2,5,8,12-13H,3-4,6H2;1H. The van der Waals surface area contributed by atoms with E-state index in [4.69, 9.17) is 5.11 Å². The maximum absolute atomic E-state index is 13.0. The third-order valence-corrected chi connectivity index (χ3v) is 2.50. The lowest BCUT2D eigenvalue weighted by Crippen LogP contribution is -2.07. The number of nitrogens with one attached hydrogen (secondary N) is 1. The van der Waals surface area contributed by atoms with Crippen molar-refractivity contribution in [2.75, 3.05) is 13.1 Å². The second-order valence-corrected chi connectivity index (χ2v) is 3.40. The lowest BCUT2D eigenvalue weighted by molar-refractivity contribution is 0.431. The molecule has 0 bridgehead atoms. The van der Waals surface area contributed by atoms with Gasteiger partial charge in [-0.05, 0) is 36.6 Å². The van der Waals surface area contributed by atoms with Crippen molar-refractivity contribution in [1.82, 2.24) is 5.32 Å². The zero-order valence-corrected chi connectivity index (χ0v) is 8.48. The van der Waals surface area contributed by atoms with Crippen LogP contribution in [0.25, 0.3) is 0 Å². The summed E-state index contributed by atoms with van der Waals surface area (Å²) in [4.78, 5) is 0. The number of benzene rings is 1. The van der Waals surface area contributed by atoms with Gasteiger partial charge in [-0.15, -0.1) is 12.4 Å². The molecule has 1 aromatic rings. The van der Waals surface area contributed by atoms with E-state index in [0.29, 0.717) is 5.92 Å². The minimum Gasteiger partial charge on any atom is -0.505 e. The fourth-order valence-corrected chi connectivity index (χ4v) is 1.72. The Kier molecular flexibility index (Phi) is 3.72. The molecule has 0 radical (unpaired) electrons. The summed E-state index contributed by atoms with van der Waals surface area (Å²) >= 11 is 0. The van der Waals surface area contributed by atoms with Gasteiger partial charge in [-0.3, -0.25) is 0 Å². The van der Waals surface area contributed by atoms with Gasteiger partial charge in [-0.2, -0.15) is 0 Å². The van der Waals surface area contributed by atoms with E-state index in [1.807, 2.05) is 0 Å². The van der Waals surface area contributed by atoms with Gasteiger partial charge < -0.3 is 10.4 Å². The first-order valence-electron chi connectivity index (χ1n) is 4.46. The molecule has 0 amide bonds. The summed E-state index contributed by atoms with van der Waals surface area (Å²) < 4.78 is 13.0. The molecule has 1 fully saturated rings. The molecule has 1 aromatic carbocycles. The molecule has 4 heteroatoms. The Bertz CT molecular complexity index is 313. The van der Waals surface area contributed by atoms with Crippen molar-refractivity contribution in [3.05, 3.63) is 29.6 Å². The Morgan fingerprint density at radius 3 is 2.79 bits per heavy atom. The summed E-state index contributed by atoms with van der Waals surface area (Å²) in [5.41, 5.74) is 0.973. The molecule has 1 aliphatic rings. The molecule has 78 valence electrons. The molecule has 1 heterocycles. The van der Waals surface area contributed by atoms with Gasteiger partial charge in [0.15, 0.2) is 11.6 Å². The van der Waals surface area contributed by atoms with Gasteiger partial charge >= 0.3 is 0 Å². The molecule has 0 aliphatic carbocycles. The normalized spacial score (nSPS) is 20.5. The number of phenols is 1. The Morgan fingerprint density at radius 1 is 1.43 bits per heavy atom. The molecular formula is C10H13ClFNO. The van der Waals surface area contributed by atoms with E-state index in [0.717, 1.165) is 25.1 Å². The van der Waals surface area contributed by atoms with E-state index in [2.05, 4.69) is 5.32 Å². The van der Waals surface area contributed by atoms with Crippen LogP contribution in [0.1, 0.15) is 17.9 Å². The summed E-state index contributed by atoms with van der Waals surface area (Å²) in [5, 5.41) is 12.2. The van der Waals surface area contributed by atoms with E-state index < -0.39 is 5.82 Å². The van der Waals surface area contributed by atoms with E-state index in [9.17, 15) is 4.39 Å². The largest absolute Gasteiger partial charge is 0.505 e. The predicted molar refractivity (Wildman–Crippen MR) is 55.5 cm³/mol. The number of hydrogen-bond donors (Lipinski definition) is 2. The molecule has 14 heavy (non-hydrogen) atoms. The molecule has 1 unspecified atom stereocenters. The Labute approximate surface area is 88.5 Å². The second-order valence-electron chi connectivity index (χ2n) is 3.40. The number of halogens is 2. The van der Waals surface area contributed by atoms with Gasteiger partial charge in [-0.1, -0.05) is 6.07 Å². The topological polar surface area (TPSA) is 32.3 Å². The minimum absolute atomic E-state index is 0. The average molecular weight is 218 g/mol. The van der Waals surface area contributed by atoms with Crippen LogP contribution >= 0.6 is 12.4 Å². The predicted octanol–water partition coefficient (Wildman–Crippen LogP) is 2.03. The summed E-state index contributed by atoms with van der Waals surface area (Å²) in [5.74, 6) is -0.394. The molecular weight excluding hydrogens is 205 g/mol. The van der Waals surface area contributed by atoms with Crippen molar-refractivity contribution in [2.45, 2.75) is 12.3 Å². The monoisotopic (exact) mass is 217 g/mol. The quantitative estimate of drug-likeness (QED) is 0.755. The van der Waals surface area contributed by atoms with Crippen molar-refractivity contribution in [3.8, 4) is 5.75 Å². The van der Waals surface area contributed by atoms with Crippen molar-refractivity contribution < 1.29 is 9.50 Å². The lowest BCUT2D eigenvalue weighted by Gasteiger charge is -2.08. The van der Waals surface area contributed by atoms with Crippen LogP contribution in [0.5, 0.6) is 5.75 Å². The highest BCUT2D eigenvalue weighted by Crippen LogP contribution is 2.25. The minimum atomic E-state index is -0.524. The summed E-state index contributed by atoms with van der Waals surface area (Å²) in [7, 11) is 0. The number of rotatable bonds is 1. The third-order valence-electron chi connectivity index (χ3n) is 2.50. The van der Waals surface area contributed by atoms with Crippen LogP contribution in [0, 0.1) is 5.82 Å². The first-order chi connectivity index (χ1) is 6.27. The molecule has 1 aliphatic heterocycles. The molecule has 0 saturated carbocycles. The van der Waals surface area contributed by atoms with E-state index in [1.54, 1.807) is 6.07 Å². The molecule has 2 N–H and O–H groups in total. The van der Waals surface area contributed by atoms with E-state index in [1.165, 1.54) is 12.1 Å². The number of phenolic OH excluding ortho intramolecular Hbond substituents is 1. The summed E-state index contributed by atoms with van der Waals surface area (Å²) in [6.07, 6.45) is 1.05. The van der Waals surface area contributed by atoms with Crippen LogP contribution < -0.4 is 5.32 Å². The lowest BCUT2D eigenvalue weighted by atomic mass is 9.98. The van der Waals surface area contributed by atoms with Crippen LogP contribution in [0.4, 0.5) is 4.39 Å². The highest BCUT2D eigenvalue weighted by Gasteiger charge is 2.17. The number of aromatic hydroxyl groups is 1. The third kappa shape index (κ3) is 2.16. The Hall–Kier alpha value is -0.800. The van der Waals surface area contributed by atoms with Crippen LogP contribution in [-0.2, 0) is 0 Å². The second kappa shape index (κ2) is 4.62. The number of hydrogen-bond acceptors (Lipinski definition) is 2. The SMILES string of the molecule is Cl.Oc1ccc(C2CCNC2)cc1F. The zero-order chi connectivity index (χ0) is 9.26. The van der Waals surface area contributed by atoms with Crippen LogP contribution in [0.3, 0.4) is 0 Å². The van der Waals surface area contributed by atoms with E-state index >= 15 is 0 Å². The summed E-state index contributed by atoms with van der Waals surface area (Å²) in [6.45, 7) is 1.90. The van der Waals surface area contributed by atoms with Crippen molar-refractivity contribution in [2.24, 2.45) is 0 Å². The first kappa shape index (κ1) is 11.3. The smallest absolute Gasteiger partial charge is 0.165 e. The Morgan fingerprint density at radius 2 is 2.21 bits per heavy atom.